The Labute approximate surface area is 132 Å². The zero-order valence-corrected chi connectivity index (χ0v) is 13.3. The number of methoxy groups -OCH3 is 1. The Balaban J connectivity index is 2.33. The average molecular weight is 343 g/mol. The molecule has 0 radical (unpaired) electrons. The van der Waals surface area contributed by atoms with Crippen molar-refractivity contribution >= 4 is 15.7 Å². The van der Waals surface area contributed by atoms with E-state index in [1.807, 2.05) is 0 Å². The van der Waals surface area contributed by atoms with Gasteiger partial charge in [-0.2, -0.15) is 0 Å². The molecule has 0 saturated carbocycles. The van der Waals surface area contributed by atoms with E-state index < -0.39 is 26.6 Å². The predicted molar refractivity (Wildman–Crippen MR) is 81.3 cm³/mol. The van der Waals surface area contributed by atoms with Gasteiger partial charge in [0, 0.05) is 12.1 Å². The minimum absolute atomic E-state index is 0.161. The van der Waals surface area contributed by atoms with E-state index in [4.69, 9.17) is 9.47 Å². The fourth-order valence-corrected chi connectivity index (χ4v) is 3.02. The molecule has 0 saturated heterocycles. The van der Waals surface area contributed by atoms with Crippen molar-refractivity contribution in [3.05, 3.63) is 48.0 Å². The summed E-state index contributed by atoms with van der Waals surface area (Å²) in [6.45, 7) is 2.22. The molecule has 0 spiro atoms. The molecule has 0 atom stereocenters. The molecule has 0 bridgehead atoms. The zero-order valence-electron chi connectivity index (χ0n) is 12.5. The molecule has 1 N–H and O–H groups in total. The summed E-state index contributed by atoms with van der Waals surface area (Å²) < 4.78 is 63.6. The number of sulfonamides is 1. The van der Waals surface area contributed by atoms with Gasteiger partial charge in [-0.05, 0) is 31.2 Å². The lowest BCUT2D eigenvalue weighted by Gasteiger charge is -2.13. The Hall–Kier alpha value is -2.35. The number of ether oxygens (including phenoxy) is 2. The summed E-state index contributed by atoms with van der Waals surface area (Å²) in [6, 6.07) is 6.63. The number of rotatable bonds is 6. The molecule has 0 fully saturated rings. The van der Waals surface area contributed by atoms with Crippen molar-refractivity contribution in [2.24, 2.45) is 0 Å². The van der Waals surface area contributed by atoms with Crippen molar-refractivity contribution < 1.29 is 26.7 Å². The summed E-state index contributed by atoms with van der Waals surface area (Å²) in [7, 11) is -2.79. The van der Waals surface area contributed by atoms with Crippen LogP contribution >= 0.6 is 0 Å². The Kier molecular flexibility index (Phi) is 5.05. The lowest BCUT2D eigenvalue weighted by molar-refractivity contribution is 0.311. The topological polar surface area (TPSA) is 64.6 Å². The van der Waals surface area contributed by atoms with Crippen LogP contribution in [-0.2, 0) is 10.0 Å². The minimum atomic E-state index is -4.20. The SMILES string of the molecule is CCOc1ccc(NS(=O)(=O)c2ccc(F)cc2F)cc1OC. The molecule has 124 valence electrons. The van der Waals surface area contributed by atoms with Crippen molar-refractivity contribution in [3.63, 3.8) is 0 Å². The van der Waals surface area contributed by atoms with Gasteiger partial charge in [-0.15, -0.1) is 0 Å². The number of nitrogens with one attached hydrogen (secondary N) is 1. The van der Waals surface area contributed by atoms with Gasteiger partial charge in [-0.3, -0.25) is 4.72 Å². The maximum absolute atomic E-state index is 13.7. The molecule has 23 heavy (non-hydrogen) atoms. The fourth-order valence-electron chi connectivity index (χ4n) is 1.91. The summed E-state index contributed by atoms with van der Waals surface area (Å²) in [4.78, 5) is -0.647. The zero-order chi connectivity index (χ0) is 17.0. The van der Waals surface area contributed by atoms with Gasteiger partial charge in [0.1, 0.15) is 16.5 Å². The van der Waals surface area contributed by atoms with Crippen LogP contribution in [0.5, 0.6) is 11.5 Å². The van der Waals surface area contributed by atoms with Crippen molar-refractivity contribution in [1.82, 2.24) is 0 Å². The highest BCUT2D eigenvalue weighted by Gasteiger charge is 2.20. The molecule has 2 aromatic carbocycles. The highest BCUT2D eigenvalue weighted by atomic mass is 32.2. The normalized spacial score (nSPS) is 11.1. The second-order valence-electron chi connectivity index (χ2n) is 4.48. The third-order valence-corrected chi connectivity index (χ3v) is 4.31. The van der Waals surface area contributed by atoms with Crippen molar-refractivity contribution in [2.45, 2.75) is 11.8 Å². The quantitative estimate of drug-likeness (QED) is 0.875. The fraction of sp³-hybridized carbons (Fsp3) is 0.200. The van der Waals surface area contributed by atoms with Gasteiger partial charge in [0.05, 0.1) is 19.4 Å². The number of halogens is 2. The van der Waals surface area contributed by atoms with E-state index in [0.717, 1.165) is 12.1 Å². The predicted octanol–water partition coefficient (Wildman–Crippen LogP) is 3.17. The van der Waals surface area contributed by atoms with Gasteiger partial charge in [-0.25, -0.2) is 17.2 Å². The molecule has 0 amide bonds. The van der Waals surface area contributed by atoms with E-state index in [1.165, 1.54) is 25.3 Å². The van der Waals surface area contributed by atoms with Gasteiger partial charge < -0.3 is 9.47 Å². The number of anilines is 1. The summed E-state index contributed by atoms with van der Waals surface area (Å²) in [5, 5.41) is 0. The first kappa shape index (κ1) is 17.0. The van der Waals surface area contributed by atoms with Crippen LogP contribution in [0.4, 0.5) is 14.5 Å². The Bertz CT molecular complexity index is 809. The number of hydrogen-bond acceptors (Lipinski definition) is 4. The summed E-state index contributed by atoms with van der Waals surface area (Å²) in [6.07, 6.45) is 0. The Morgan fingerprint density at radius 3 is 2.43 bits per heavy atom. The van der Waals surface area contributed by atoms with Gasteiger partial charge >= 0.3 is 0 Å². The summed E-state index contributed by atoms with van der Waals surface area (Å²) >= 11 is 0. The third kappa shape index (κ3) is 3.89. The first-order chi connectivity index (χ1) is 10.9. The van der Waals surface area contributed by atoms with Crippen LogP contribution in [0.15, 0.2) is 41.3 Å². The smallest absolute Gasteiger partial charge is 0.264 e. The molecule has 5 nitrogen and oxygen atoms in total. The lowest BCUT2D eigenvalue weighted by atomic mass is 10.3. The van der Waals surface area contributed by atoms with Gasteiger partial charge in [0.25, 0.3) is 10.0 Å². The molecule has 0 aromatic heterocycles. The number of hydrogen-bond donors (Lipinski definition) is 1. The van der Waals surface area contributed by atoms with Crippen molar-refractivity contribution in [2.75, 3.05) is 18.4 Å². The van der Waals surface area contributed by atoms with E-state index in [9.17, 15) is 17.2 Å². The first-order valence-corrected chi connectivity index (χ1v) is 8.14. The van der Waals surface area contributed by atoms with Crippen LogP contribution in [0.1, 0.15) is 6.92 Å². The largest absolute Gasteiger partial charge is 0.493 e. The molecule has 0 heterocycles. The standard InChI is InChI=1S/C15H15F2NO4S/c1-3-22-13-6-5-11(9-14(13)21-2)18-23(19,20)15-7-4-10(16)8-12(15)17/h4-9,18H,3H2,1-2H3. The Morgan fingerprint density at radius 2 is 1.83 bits per heavy atom. The highest BCUT2D eigenvalue weighted by molar-refractivity contribution is 7.92. The molecule has 2 aromatic rings. The van der Waals surface area contributed by atoms with Gasteiger partial charge in [-0.1, -0.05) is 0 Å². The third-order valence-electron chi connectivity index (χ3n) is 2.90. The maximum Gasteiger partial charge on any atom is 0.264 e. The highest BCUT2D eigenvalue weighted by Crippen LogP contribution is 2.31. The van der Waals surface area contributed by atoms with E-state index in [1.54, 1.807) is 6.92 Å². The lowest BCUT2D eigenvalue weighted by Crippen LogP contribution is -2.15. The number of benzene rings is 2. The monoisotopic (exact) mass is 343 g/mol. The van der Waals surface area contributed by atoms with Crippen LogP contribution in [0.25, 0.3) is 0 Å². The van der Waals surface area contributed by atoms with Gasteiger partial charge in [0.2, 0.25) is 0 Å². The Morgan fingerprint density at radius 1 is 1.09 bits per heavy atom. The van der Waals surface area contributed by atoms with E-state index in [-0.39, 0.29) is 5.69 Å². The van der Waals surface area contributed by atoms with Gasteiger partial charge in [0.15, 0.2) is 11.5 Å². The van der Waals surface area contributed by atoms with E-state index >= 15 is 0 Å². The summed E-state index contributed by atoms with van der Waals surface area (Å²) in [5.41, 5.74) is 0.161. The molecule has 0 aliphatic rings. The minimum Gasteiger partial charge on any atom is -0.493 e. The maximum atomic E-state index is 13.7. The van der Waals surface area contributed by atoms with Crippen molar-refractivity contribution in [1.29, 1.82) is 0 Å². The molecular weight excluding hydrogens is 328 g/mol. The second kappa shape index (κ2) is 6.82. The average Bonchev–Trinajstić information content (AvgIpc) is 2.48. The summed E-state index contributed by atoms with van der Waals surface area (Å²) in [5.74, 6) is -1.25. The molecule has 0 aliphatic heterocycles. The van der Waals surface area contributed by atoms with Crippen LogP contribution in [0.3, 0.4) is 0 Å². The van der Waals surface area contributed by atoms with E-state index in [0.29, 0.717) is 24.2 Å². The molecule has 8 heteroatoms. The molecule has 2 rings (SSSR count). The van der Waals surface area contributed by atoms with Crippen LogP contribution in [0, 0.1) is 11.6 Å². The molecular formula is C15H15F2NO4S. The molecule has 0 aliphatic carbocycles. The second-order valence-corrected chi connectivity index (χ2v) is 6.13. The van der Waals surface area contributed by atoms with Crippen molar-refractivity contribution in [3.8, 4) is 11.5 Å². The first-order valence-electron chi connectivity index (χ1n) is 6.66. The van der Waals surface area contributed by atoms with Crippen LogP contribution < -0.4 is 14.2 Å². The van der Waals surface area contributed by atoms with Crippen LogP contribution in [-0.4, -0.2) is 22.1 Å². The van der Waals surface area contributed by atoms with Crippen LogP contribution in [0.2, 0.25) is 0 Å². The molecule has 0 unspecified atom stereocenters. The van der Waals surface area contributed by atoms with E-state index in [2.05, 4.69) is 4.72 Å².